The minimum absolute atomic E-state index is 0.0680. The molecule has 1 aliphatic heterocycles. The Bertz CT molecular complexity index is 1140. The maximum absolute atomic E-state index is 13.0. The zero-order chi connectivity index (χ0) is 23.5. The number of imidazole rings is 1. The second-order valence-electron chi connectivity index (χ2n) is 9.32. The standard InChI is InChI=1S/C27H36N4O2/c1-5-25(32)31(22-12-8-7-9-13-22)26-20(3)18-28(19-21(26)4)16-17-30-24-15-11-10-14-23(24)29(6-2)27(30)33/h7-15,20-21,26H,5-6,16-19H2,1-4H3. The van der Waals surface area contributed by atoms with E-state index >= 15 is 0 Å². The van der Waals surface area contributed by atoms with Gasteiger partial charge in [0.15, 0.2) is 0 Å². The first-order valence-corrected chi connectivity index (χ1v) is 12.2. The van der Waals surface area contributed by atoms with Gasteiger partial charge in [-0.25, -0.2) is 4.79 Å². The van der Waals surface area contributed by atoms with Crippen molar-refractivity contribution in [2.24, 2.45) is 11.8 Å². The molecule has 0 radical (unpaired) electrons. The van der Waals surface area contributed by atoms with E-state index in [2.05, 4.69) is 18.7 Å². The van der Waals surface area contributed by atoms with Crippen molar-refractivity contribution in [2.45, 2.75) is 53.2 Å². The zero-order valence-electron chi connectivity index (χ0n) is 20.3. The quantitative estimate of drug-likeness (QED) is 0.544. The van der Waals surface area contributed by atoms with Crippen molar-refractivity contribution in [2.75, 3.05) is 24.5 Å². The van der Waals surface area contributed by atoms with E-state index in [4.69, 9.17) is 0 Å². The van der Waals surface area contributed by atoms with Crippen molar-refractivity contribution in [3.05, 3.63) is 65.1 Å². The first kappa shape index (κ1) is 23.3. The van der Waals surface area contributed by atoms with Gasteiger partial charge in [-0.05, 0) is 43.0 Å². The summed E-state index contributed by atoms with van der Waals surface area (Å²) in [6.45, 7) is 12.5. The molecule has 1 amide bonds. The number of carbonyl (C=O) groups excluding carboxylic acids is 1. The van der Waals surface area contributed by atoms with Crippen LogP contribution in [0.4, 0.5) is 5.69 Å². The van der Waals surface area contributed by atoms with Crippen LogP contribution in [0.5, 0.6) is 0 Å². The minimum Gasteiger partial charge on any atom is -0.309 e. The number of aromatic nitrogens is 2. The van der Waals surface area contributed by atoms with Gasteiger partial charge >= 0.3 is 5.69 Å². The van der Waals surface area contributed by atoms with Crippen molar-refractivity contribution in [3.63, 3.8) is 0 Å². The first-order chi connectivity index (χ1) is 16.0. The van der Waals surface area contributed by atoms with E-state index < -0.39 is 0 Å². The number of para-hydroxylation sites is 3. The molecule has 2 heterocycles. The van der Waals surface area contributed by atoms with E-state index in [0.717, 1.165) is 36.4 Å². The third kappa shape index (κ3) is 4.49. The van der Waals surface area contributed by atoms with Gasteiger partial charge in [-0.3, -0.25) is 13.9 Å². The topological polar surface area (TPSA) is 50.5 Å². The van der Waals surface area contributed by atoms with E-state index in [0.29, 0.717) is 31.3 Å². The largest absolute Gasteiger partial charge is 0.329 e. The third-order valence-electron chi connectivity index (χ3n) is 7.04. The van der Waals surface area contributed by atoms with Crippen LogP contribution < -0.4 is 10.6 Å². The molecule has 0 N–H and O–H groups in total. The molecule has 33 heavy (non-hydrogen) atoms. The number of nitrogens with zero attached hydrogens (tertiary/aromatic N) is 4. The molecule has 176 valence electrons. The van der Waals surface area contributed by atoms with Crippen LogP contribution in [0.3, 0.4) is 0 Å². The molecule has 1 saturated heterocycles. The van der Waals surface area contributed by atoms with Gasteiger partial charge in [-0.2, -0.15) is 0 Å². The Morgan fingerprint density at radius 1 is 0.879 bits per heavy atom. The van der Waals surface area contributed by atoms with Gasteiger partial charge in [0, 0.05) is 50.9 Å². The van der Waals surface area contributed by atoms with E-state index in [1.807, 2.05) is 82.5 Å². The van der Waals surface area contributed by atoms with Crippen LogP contribution in [0.2, 0.25) is 0 Å². The summed E-state index contributed by atoms with van der Waals surface area (Å²) in [6.07, 6.45) is 0.499. The Labute approximate surface area is 196 Å². The average Bonchev–Trinajstić information content (AvgIpc) is 3.10. The van der Waals surface area contributed by atoms with Gasteiger partial charge in [0.25, 0.3) is 0 Å². The molecule has 2 atom stereocenters. The Morgan fingerprint density at radius 2 is 1.45 bits per heavy atom. The minimum atomic E-state index is 0.0680. The van der Waals surface area contributed by atoms with Gasteiger partial charge in [-0.15, -0.1) is 0 Å². The lowest BCUT2D eigenvalue weighted by molar-refractivity contribution is -0.119. The molecule has 6 nitrogen and oxygen atoms in total. The molecule has 4 rings (SSSR count). The number of piperidine rings is 1. The summed E-state index contributed by atoms with van der Waals surface area (Å²) in [5, 5.41) is 0. The van der Waals surface area contributed by atoms with E-state index in [1.165, 1.54) is 0 Å². The molecular formula is C27H36N4O2. The van der Waals surface area contributed by atoms with E-state index in [-0.39, 0.29) is 17.6 Å². The highest BCUT2D eigenvalue weighted by atomic mass is 16.2. The highest BCUT2D eigenvalue weighted by Gasteiger charge is 2.38. The van der Waals surface area contributed by atoms with Crippen LogP contribution in [0, 0.1) is 11.8 Å². The number of anilines is 1. The highest BCUT2D eigenvalue weighted by Crippen LogP contribution is 2.31. The molecule has 3 aromatic rings. The van der Waals surface area contributed by atoms with Gasteiger partial charge in [0.1, 0.15) is 0 Å². The Hall–Kier alpha value is -2.86. The molecule has 2 aromatic carbocycles. The maximum atomic E-state index is 13.0. The van der Waals surface area contributed by atoms with Crippen LogP contribution >= 0.6 is 0 Å². The smallest absolute Gasteiger partial charge is 0.309 e. The molecule has 0 saturated carbocycles. The predicted octanol–water partition coefficient (Wildman–Crippen LogP) is 4.22. The summed E-state index contributed by atoms with van der Waals surface area (Å²) in [4.78, 5) is 30.4. The highest BCUT2D eigenvalue weighted by molar-refractivity contribution is 5.93. The number of rotatable bonds is 7. The number of fused-ring (bicyclic) bond motifs is 1. The van der Waals surface area contributed by atoms with Crippen LogP contribution in [-0.2, 0) is 17.9 Å². The van der Waals surface area contributed by atoms with Gasteiger partial charge in [0.2, 0.25) is 5.91 Å². The average molecular weight is 449 g/mol. The summed E-state index contributed by atoms with van der Waals surface area (Å²) in [5.74, 6) is 0.841. The maximum Gasteiger partial charge on any atom is 0.329 e. The predicted molar refractivity (Wildman–Crippen MR) is 135 cm³/mol. The van der Waals surface area contributed by atoms with Crippen LogP contribution in [0.1, 0.15) is 34.1 Å². The van der Waals surface area contributed by atoms with E-state index in [1.54, 1.807) is 0 Å². The van der Waals surface area contributed by atoms with Gasteiger partial charge in [0.05, 0.1) is 11.0 Å². The zero-order valence-corrected chi connectivity index (χ0v) is 20.3. The lowest BCUT2D eigenvalue weighted by Gasteiger charge is -2.46. The SMILES string of the molecule is CCC(=O)N(c1ccccc1)C1C(C)CN(CCn2c(=O)n(CC)c3ccccc32)CC1C. The van der Waals surface area contributed by atoms with Crippen LogP contribution in [0.15, 0.2) is 59.4 Å². The van der Waals surface area contributed by atoms with Crippen molar-refractivity contribution in [3.8, 4) is 0 Å². The molecule has 6 heteroatoms. The van der Waals surface area contributed by atoms with Crippen LogP contribution in [-0.4, -0.2) is 45.6 Å². The molecule has 0 bridgehead atoms. The molecule has 2 unspecified atom stereocenters. The Kier molecular flexibility index (Phi) is 7.03. The van der Waals surface area contributed by atoms with Crippen LogP contribution in [0.25, 0.3) is 11.0 Å². The monoisotopic (exact) mass is 448 g/mol. The molecule has 1 aliphatic rings. The Morgan fingerprint density at radius 3 is 2.03 bits per heavy atom. The molecule has 1 fully saturated rings. The molecule has 0 spiro atoms. The summed E-state index contributed by atoms with van der Waals surface area (Å²) in [6, 6.07) is 18.3. The third-order valence-corrected chi connectivity index (χ3v) is 7.04. The summed E-state index contributed by atoms with van der Waals surface area (Å²) in [7, 11) is 0. The summed E-state index contributed by atoms with van der Waals surface area (Å²) in [5.41, 5.74) is 3.06. The Balaban J connectivity index is 1.51. The van der Waals surface area contributed by atoms with Gasteiger partial charge < -0.3 is 9.80 Å². The molecule has 0 aliphatic carbocycles. The molecule has 1 aromatic heterocycles. The number of amides is 1. The van der Waals surface area contributed by atoms with Crippen molar-refractivity contribution in [1.82, 2.24) is 14.0 Å². The first-order valence-electron chi connectivity index (χ1n) is 12.2. The van der Waals surface area contributed by atoms with Crippen molar-refractivity contribution < 1.29 is 4.79 Å². The lowest BCUT2D eigenvalue weighted by Crippen LogP contribution is -2.57. The number of likely N-dealkylation sites (tertiary alicyclic amines) is 1. The number of hydrogen-bond donors (Lipinski definition) is 0. The van der Waals surface area contributed by atoms with Gasteiger partial charge in [-0.1, -0.05) is 51.1 Å². The van der Waals surface area contributed by atoms with Crippen molar-refractivity contribution in [1.29, 1.82) is 0 Å². The number of benzene rings is 2. The fraction of sp³-hybridized carbons (Fsp3) is 0.481. The number of carbonyl (C=O) groups is 1. The fourth-order valence-corrected chi connectivity index (χ4v) is 5.63. The lowest BCUT2D eigenvalue weighted by atomic mass is 9.84. The second-order valence-corrected chi connectivity index (χ2v) is 9.32. The van der Waals surface area contributed by atoms with Crippen molar-refractivity contribution >= 4 is 22.6 Å². The number of hydrogen-bond acceptors (Lipinski definition) is 3. The fourth-order valence-electron chi connectivity index (χ4n) is 5.63. The normalized spacial score (nSPS) is 21.4. The summed E-state index contributed by atoms with van der Waals surface area (Å²) < 4.78 is 3.76. The second kappa shape index (κ2) is 9.96. The summed E-state index contributed by atoms with van der Waals surface area (Å²) >= 11 is 0. The molecular weight excluding hydrogens is 412 g/mol. The number of aryl methyl sites for hydroxylation is 1. The van der Waals surface area contributed by atoms with E-state index in [9.17, 15) is 9.59 Å².